The van der Waals surface area contributed by atoms with Gasteiger partial charge in [-0.3, -0.25) is 4.79 Å². The van der Waals surface area contributed by atoms with Gasteiger partial charge in [-0.05, 0) is 38.8 Å². The van der Waals surface area contributed by atoms with Crippen molar-refractivity contribution in [1.82, 2.24) is 0 Å². The molecule has 1 aromatic carbocycles. The first kappa shape index (κ1) is 12.7. The van der Waals surface area contributed by atoms with E-state index < -0.39 is 0 Å². The lowest BCUT2D eigenvalue weighted by molar-refractivity contribution is -0.117. The van der Waals surface area contributed by atoms with Crippen molar-refractivity contribution in [3.05, 3.63) is 28.8 Å². The molecule has 1 aromatic rings. The number of benzene rings is 1. The van der Waals surface area contributed by atoms with Crippen LogP contribution >= 0.6 is 0 Å². The summed E-state index contributed by atoms with van der Waals surface area (Å²) in [6.07, 6.45) is 0. The number of amides is 1. The van der Waals surface area contributed by atoms with Crippen LogP contribution in [0.15, 0.2) is 12.1 Å². The fraction of sp³-hybridized carbons (Fsp3) is 0.462. The van der Waals surface area contributed by atoms with E-state index in [2.05, 4.69) is 19.1 Å². The predicted molar refractivity (Wildman–Crippen MR) is 67.7 cm³/mol. The van der Waals surface area contributed by atoms with E-state index >= 15 is 0 Å². The Kier molecular flexibility index (Phi) is 4.07. The summed E-state index contributed by atoms with van der Waals surface area (Å²) in [5.41, 5.74) is 9.90. The van der Waals surface area contributed by atoms with Crippen molar-refractivity contribution in [2.45, 2.75) is 27.7 Å². The van der Waals surface area contributed by atoms with Crippen molar-refractivity contribution in [3.8, 4) is 0 Å². The second-order valence-electron chi connectivity index (χ2n) is 4.09. The van der Waals surface area contributed by atoms with Gasteiger partial charge in [0.05, 0.1) is 6.54 Å². The van der Waals surface area contributed by atoms with E-state index in [0.717, 1.165) is 16.8 Å². The zero-order valence-corrected chi connectivity index (χ0v) is 10.5. The third-order valence-electron chi connectivity index (χ3n) is 2.70. The molecule has 0 unspecified atom stereocenters. The highest BCUT2D eigenvalue weighted by atomic mass is 16.2. The zero-order chi connectivity index (χ0) is 12.3. The Hall–Kier alpha value is -1.35. The number of anilines is 1. The van der Waals surface area contributed by atoms with Gasteiger partial charge in [0.25, 0.3) is 0 Å². The summed E-state index contributed by atoms with van der Waals surface area (Å²) in [4.78, 5) is 13.5. The van der Waals surface area contributed by atoms with E-state index in [-0.39, 0.29) is 12.5 Å². The van der Waals surface area contributed by atoms with Gasteiger partial charge >= 0.3 is 0 Å². The maximum absolute atomic E-state index is 11.7. The van der Waals surface area contributed by atoms with Gasteiger partial charge < -0.3 is 10.6 Å². The lowest BCUT2D eigenvalue weighted by Crippen LogP contribution is -2.36. The summed E-state index contributed by atoms with van der Waals surface area (Å²) < 4.78 is 0. The van der Waals surface area contributed by atoms with Crippen LogP contribution in [-0.2, 0) is 4.79 Å². The monoisotopic (exact) mass is 220 g/mol. The van der Waals surface area contributed by atoms with Gasteiger partial charge in [-0.2, -0.15) is 0 Å². The first-order valence-electron chi connectivity index (χ1n) is 5.59. The zero-order valence-electron chi connectivity index (χ0n) is 10.5. The molecule has 3 heteroatoms. The molecular weight excluding hydrogens is 200 g/mol. The average molecular weight is 220 g/mol. The molecule has 0 spiro atoms. The topological polar surface area (TPSA) is 46.3 Å². The fourth-order valence-corrected chi connectivity index (χ4v) is 2.17. The number of nitrogens with two attached hydrogens (primary N) is 1. The summed E-state index contributed by atoms with van der Waals surface area (Å²) in [5.74, 6) is -0.0300. The van der Waals surface area contributed by atoms with Crippen LogP contribution in [0.25, 0.3) is 0 Å². The smallest absolute Gasteiger partial charge is 0.240 e. The molecule has 0 fully saturated rings. The molecule has 0 heterocycles. The fourth-order valence-electron chi connectivity index (χ4n) is 2.17. The van der Waals surface area contributed by atoms with Gasteiger partial charge in [0, 0.05) is 12.2 Å². The maximum atomic E-state index is 11.7. The Morgan fingerprint density at radius 1 is 1.25 bits per heavy atom. The molecule has 88 valence electrons. The van der Waals surface area contributed by atoms with Gasteiger partial charge in [-0.15, -0.1) is 0 Å². The molecule has 2 N–H and O–H groups in total. The molecule has 0 aromatic heterocycles. The third kappa shape index (κ3) is 2.42. The van der Waals surface area contributed by atoms with Gasteiger partial charge in [0.2, 0.25) is 5.91 Å². The van der Waals surface area contributed by atoms with Crippen LogP contribution in [0.3, 0.4) is 0 Å². The van der Waals surface area contributed by atoms with Crippen LogP contribution in [0.4, 0.5) is 5.69 Å². The quantitative estimate of drug-likeness (QED) is 0.846. The number of nitrogens with zero attached hydrogens (tertiary/aromatic N) is 1. The highest BCUT2D eigenvalue weighted by molar-refractivity contribution is 5.96. The molecule has 0 radical (unpaired) electrons. The van der Waals surface area contributed by atoms with E-state index in [4.69, 9.17) is 5.73 Å². The van der Waals surface area contributed by atoms with Gasteiger partial charge in [-0.1, -0.05) is 17.7 Å². The predicted octanol–water partition coefficient (Wildman–Crippen LogP) is 1.92. The molecule has 0 saturated heterocycles. The number of carbonyl (C=O) groups is 1. The minimum Gasteiger partial charge on any atom is -0.322 e. The third-order valence-corrected chi connectivity index (χ3v) is 2.70. The largest absolute Gasteiger partial charge is 0.322 e. The van der Waals surface area contributed by atoms with Crippen LogP contribution in [-0.4, -0.2) is 19.0 Å². The van der Waals surface area contributed by atoms with Gasteiger partial charge in [0.1, 0.15) is 0 Å². The molecule has 16 heavy (non-hydrogen) atoms. The van der Waals surface area contributed by atoms with Crippen molar-refractivity contribution in [3.63, 3.8) is 0 Å². The number of likely N-dealkylation sites (N-methyl/N-ethyl adjacent to an activating group) is 1. The lowest BCUT2D eigenvalue weighted by atomic mass is 10.0. The van der Waals surface area contributed by atoms with Crippen LogP contribution in [0, 0.1) is 20.8 Å². The molecular formula is C13H20N2O. The second-order valence-corrected chi connectivity index (χ2v) is 4.09. The van der Waals surface area contributed by atoms with Crippen LogP contribution < -0.4 is 10.6 Å². The lowest BCUT2D eigenvalue weighted by Gasteiger charge is -2.24. The molecule has 0 aliphatic rings. The van der Waals surface area contributed by atoms with Crippen LogP contribution in [0.1, 0.15) is 23.6 Å². The Balaban J connectivity index is 3.25. The Bertz CT molecular complexity index is 376. The molecule has 3 nitrogen and oxygen atoms in total. The summed E-state index contributed by atoms with van der Waals surface area (Å²) in [7, 11) is 0. The molecule has 0 bridgehead atoms. The van der Waals surface area contributed by atoms with Crippen molar-refractivity contribution in [1.29, 1.82) is 0 Å². The van der Waals surface area contributed by atoms with E-state index in [1.54, 1.807) is 4.90 Å². The van der Waals surface area contributed by atoms with Crippen LogP contribution in [0.5, 0.6) is 0 Å². The molecule has 0 aliphatic carbocycles. The minimum atomic E-state index is -0.0300. The van der Waals surface area contributed by atoms with Crippen molar-refractivity contribution in [2.24, 2.45) is 5.73 Å². The number of hydrogen-bond donors (Lipinski definition) is 1. The van der Waals surface area contributed by atoms with Crippen molar-refractivity contribution < 1.29 is 4.79 Å². The Morgan fingerprint density at radius 2 is 1.75 bits per heavy atom. The molecule has 0 aliphatic heterocycles. The number of hydrogen-bond acceptors (Lipinski definition) is 2. The highest BCUT2D eigenvalue weighted by Crippen LogP contribution is 2.26. The van der Waals surface area contributed by atoms with E-state index in [0.29, 0.717) is 6.54 Å². The molecule has 1 amide bonds. The van der Waals surface area contributed by atoms with Gasteiger partial charge in [-0.25, -0.2) is 0 Å². The van der Waals surface area contributed by atoms with Crippen LogP contribution in [0.2, 0.25) is 0 Å². The molecule has 1 rings (SSSR count). The Labute approximate surface area is 97.2 Å². The standard InChI is InChI=1S/C13H20N2O/c1-5-15(12(16)8-14)13-10(3)6-9(2)7-11(13)4/h6-7H,5,8,14H2,1-4H3. The molecule has 0 atom stereocenters. The summed E-state index contributed by atoms with van der Waals surface area (Å²) in [6.45, 7) is 8.79. The average Bonchev–Trinajstić information content (AvgIpc) is 2.22. The van der Waals surface area contributed by atoms with E-state index in [1.807, 2.05) is 20.8 Å². The first-order valence-corrected chi connectivity index (χ1v) is 5.59. The number of aryl methyl sites for hydroxylation is 3. The highest BCUT2D eigenvalue weighted by Gasteiger charge is 2.16. The van der Waals surface area contributed by atoms with Crippen molar-refractivity contribution >= 4 is 11.6 Å². The normalized spacial score (nSPS) is 10.3. The van der Waals surface area contributed by atoms with Crippen molar-refractivity contribution in [2.75, 3.05) is 18.0 Å². The number of rotatable bonds is 3. The summed E-state index contributed by atoms with van der Waals surface area (Å²) in [6, 6.07) is 4.18. The first-order chi connectivity index (χ1) is 7.51. The summed E-state index contributed by atoms with van der Waals surface area (Å²) >= 11 is 0. The minimum absolute atomic E-state index is 0.0300. The second kappa shape index (κ2) is 5.12. The SMILES string of the molecule is CCN(C(=O)CN)c1c(C)cc(C)cc1C. The number of carbonyl (C=O) groups excluding carboxylic acids is 1. The maximum Gasteiger partial charge on any atom is 0.240 e. The Morgan fingerprint density at radius 3 is 2.12 bits per heavy atom. The molecule has 0 saturated carbocycles. The van der Waals surface area contributed by atoms with Gasteiger partial charge in [0.15, 0.2) is 0 Å². The summed E-state index contributed by atoms with van der Waals surface area (Å²) in [5, 5.41) is 0. The van der Waals surface area contributed by atoms with E-state index in [1.165, 1.54) is 5.56 Å². The van der Waals surface area contributed by atoms with E-state index in [9.17, 15) is 4.79 Å².